The number of amides is 1. The number of carbonyl (C=O) groups is 1. The maximum Gasteiger partial charge on any atom is 0.253 e. The van der Waals surface area contributed by atoms with E-state index in [1.807, 2.05) is 31.2 Å². The van der Waals surface area contributed by atoms with Crippen LogP contribution in [-0.2, 0) is 6.54 Å². The Hall–Kier alpha value is -3.21. The van der Waals surface area contributed by atoms with E-state index in [0.29, 0.717) is 12.1 Å². The number of aromatic nitrogens is 2. The molecular formula is C20H20N4O. The van der Waals surface area contributed by atoms with Gasteiger partial charge in [-0.1, -0.05) is 17.7 Å². The Kier molecular flexibility index (Phi) is 5.04. The van der Waals surface area contributed by atoms with Gasteiger partial charge in [-0.3, -0.25) is 14.8 Å². The first-order chi connectivity index (χ1) is 12.1. The smallest absolute Gasteiger partial charge is 0.253 e. The highest BCUT2D eigenvalue weighted by molar-refractivity contribution is 5.94. The van der Waals surface area contributed by atoms with Crippen molar-refractivity contribution in [3.8, 4) is 0 Å². The van der Waals surface area contributed by atoms with Crippen LogP contribution in [0.1, 0.15) is 27.0 Å². The van der Waals surface area contributed by atoms with Crippen LogP contribution < -0.4 is 10.6 Å². The van der Waals surface area contributed by atoms with Crippen LogP contribution in [0.3, 0.4) is 0 Å². The van der Waals surface area contributed by atoms with E-state index in [9.17, 15) is 4.79 Å². The fourth-order valence-electron chi connectivity index (χ4n) is 2.53. The zero-order chi connectivity index (χ0) is 17.6. The van der Waals surface area contributed by atoms with Gasteiger partial charge in [0.05, 0.1) is 17.4 Å². The fourth-order valence-corrected chi connectivity index (χ4v) is 2.53. The molecule has 0 saturated carbocycles. The van der Waals surface area contributed by atoms with Crippen LogP contribution in [0.5, 0.6) is 0 Å². The molecule has 5 heteroatoms. The summed E-state index contributed by atoms with van der Waals surface area (Å²) in [6.07, 6.45) is 6.68. The molecule has 126 valence electrons. The highest BCUT2D eigenvalue weighted by Crippen LogP contribution is 2.21. The second kappa shape index (κ2) is 7.57. The van der Waals surface area contributed by atoms with Crippen LogP contribution in [0.25, 0.3) is 0 Å². The first-order valence-electron chi connectivity index (χ1n) is 8.08. The van der Waals surface area contributed by atoms with E-state index in [2.05, 4.69) is 33.6 Å². The Bertz CT molecular complexity index is 878. The Labute approximate surface area is 147 Å². The number of carbonyl (C=O) groups excluding carboxylic acids is 1. The second-order valence-electron chi connectivity index (χ2n) is 5.94. The molecule has 0 spiro atoms. The first-order valence-corrected chi connectivity index (χ1v) is 8.08. The highest BCUT2D eigenvalue weighted by Gasteiger charge is 2.08. The molecule has 0 aliphatic heterocycles. The van der Waals surface area contributed by atoms with Crippen molar-refractivity contribution in [2.75, 3.05) is 5.32 Å². The summed E-state index contributed by atoms with van der Waals surface area (Å²) in [5, 5.41) is 6.21. The molecule has 2 N–H and O–H groups in total. The van der Waals surface area contributed by atoms with Crippen molar-refractivity contribution in [1.82, 2.24) is 15.3 Å². The van der Waals surface area contributed by atoms with Crippen molar-refractivity contribution < 1.29 is 4.79 Å². The average Bonchev–Trinajstić information content (AvgIpc) is 2.63. The number of nitrogens with one attached hydrogen (secondary N) is 2. The lowest BCUT2D eigenvalue weighted by atomic mass is 10.1. The summed E-state index contributed by atoms with van der Waals surface area (Å²) in [6, 6.07) is 11.7. The molecular weight excluding hydrogens is 312 g/mol. The molecule has 0 atom stereocenters. The summed E-state index contributed by atoms with van der Waals surface area (Å²) in [5.41, 5.74) is 5.66. The Balaban J connectivity index is 1.69. The molecule has 0 unspecified atom stereocenters. The van der Waals surface area contributed by atoms with Gasteiger partial charge in [0, 0.05) is 30.8 Å². The van der Waals surface area contributed by atoms with E-state index in [1.165, 1.54) is 5.56 Å². The summed E-state index contributed by atoms with van der Waals surface area (Å²) in [7, 11) is 0. The molecule has 0 bridgehead atoms. The molecule has 0 saturated heterocycles. The maximum absolute atomic E-state index is 12.3. The van der Waals surface area contributed by atoms with Gasteiger partial charge in [0.15, 0.2) is 0 Å². The van der Waals surface area contributed by atoms with Crippen LogP contribution in [0.15, 0.2) is 61.2 Å². The minimum absolute atomic E-state index is 0.159. The molecule has 1 amide bonds. The first kappa shape index (κ1) is 16.6. The van der Waals surface area contributed by atoms with E-state index in [-0.39, 0.29) is 5.91 Å². The third-order valence-corrected chi connectivity index (χ3v) is 3.86. The monoisotopic (exact) mass is 332 g/mol. The van der Waals surface area contributed by atoms with Crippen LogP contribution in [-0.4, -0.2) is 15.9 Å². The van der Waals surface area contributed by atoms with Gasteiger partial charge >= 0.3 is 0 Å². The zero-order valence-electron chi connectivity index (χ0n) is 14.3. The molecule has 1 aromatic carbocycles. The number of anilines is 2. The molecule has 25 heavy (non-hydrogen) atoms. The Morgan fingerprint density at radius 2 is 1.80 bits per heavy atom. The minimum Gasteiger partial charge on any atom is -0.354 e. The van der Waals surface area contributed by atoms with E-state index in [1.54, 1.807) is 30.9 Å². The van der Waals surface area contributed by atoms with Gasteiger partial charge in [-0.15, -0.1) is 0 Å². The number of hydrogen-bond acceptors (Lipinski definition) is 4. The predicted molar refractivity (Wildman–Crippen MR) is 98.8 cm³/mol. The van der Waals surface area contributed by atoms with Crippen LogP contribution in [0.2, 0.25) is 0 Å². The van der Waals surface area contributed by atoms with Gasteiger partial charge in [-0.05, 0) is 49.2 Å². The van der Waals surface area contributed by atoms with E-state index < -0.39 is 0 Å². The van der Waals surface area contributed by atoms with Crippen molar-refractivity contribution in [2.45, 2.75) is 20.4 Å². The third kappa shape index (κ3) is 4.41. The van der Waals surface area contributed by atoms with Gasteiger partial charge in [-0.25, -0.2) is 0 Å². The molecule has 3 rings (SSSR count). The number of nitrogens with zero attached hydrogens (tertiary/aromatic N) is 2. The van der Waals surface area contributed by atoms with Crippen LogP contribution in [0.4, 0.5) is 11.4 Å². The molecule has 2 aromatic heterocycles. The molecule has 0 fully saturated rings. The van der Waals surface area contributed by atoms with Crippen molar-refractivity contribution in [2.24, 2.45) is 0 Å². The highest BCUT2D eigenvalue weighted by atomic mass is 16.1. The van der Waals surface area contributed by atoms with Gasteiger partial charge < -0.3 is 10.6 Å². The zero-order valence-corrected chi connectivity index (χ0v) is 14.3. The molecule has 3 aromatic rings. The summed E-state index contributed by atoms with van der Waals surface area (Å²) in [5.74, 6) is -0.159. The number of benzene rings is 1. The molecule has 5 nitrogen and oxygen atoms in total. The molecule has 0 radical (unpaired) electrons. The summed E-state index contributed by atoms with van der Waals surface area (Å²) in [4.78, 5) is 20.5. The average molecular weight is 332 g/mol. The quantitative estimate of drug-likeness (QED) is 0.746. The fraction of sp³-hybridized carbons (Fsp3) is 0.150. The normalized spacial score (nSPS) is 10.3. The van der Waals surface area contributed by atoms with E-state index >= 15 is 0 Å². The van der Waals surface area contributed by atoms with E-state index in [0.717, 1.165) is 22.5 Å². The molecule has 0 aliphatic carbocycles. The summed E-state index contributed by atoms with van der Waals surface area (Å²) < 4.78 is 0. The number of aryl methyl sites for hydroxylation is 2. The SMILES string of the molecule is Cc1ccc(Nc2cncc(C(=O)NCc3ccncc3)c2)c(C)c1. The number of rotatable bonds is 5. The van der Waals surface area contributed by atoms with Crippen molar-refractivity contribution in [1.29, 1.82) is 0 Å². The predicted octanol–water partition coefficient (Wildman–Crippen LogP) is 3.77. The Morgan fingerprint density at radius 1 is 1.00 bits per heavy atom. The van der Waals surface area contributed by atoms with Gasteiger partial charge in [-0.2, -0.15) is 0 Å². The largest absolute Gasteiger partial charge is 0.354 e. The topological polar surface area (TPSA) is 66.9 Å². The van der Waals surface area contributed by atoms with Gasteiger partial charge in [0.25, 0.3) is 5.91 Å². The number of pyridine rings is 2. The maximum atomic E-state index is 12.3. The van der Waals surface area contributed by atoms with Crippen molar-refractivity contribution in [3.05, 3.63) is 83.4 Å². The lowest BCUT2D eigenvalue weighted by Crippen LogP contribution is -2.23. The lowest BCUT2D eigenvalue weighted by Gasteiger charge is -2.11. The minimum atomic E-state index is -0.159. The van der Waals surface area contributed by atoms with Crippen molar-refractivity contribution >= 4 is 17.3 Å². The van der Waals surface area contributed by atoms with Crippen LogP contribution in [0, 0.1) is 13.8 Å². The molecule has 2 heterocycles. The molecule has 0 aliphatic rings. The van der Waals surface area contributed by atoms with Crippen molar-refractivity contribution in [3.63, 3.8) is 0 Å². The number of hydrogen-bond donors (Lipinski definition) is 2. The summed E-state index contributed by atoms with van der Waals surface area (Å²) >= 11 is 0. The van der Waals surface area contributed by atoms with Gasteiger partial charge in [0.1, 0.15) is 0 Å². The second-order valence-corrected chi connectivity index (χ2v) is 5.94. The Morgan fingerprint density at radius 3 is 2.56 bits per heavy atom. The standard InChI is InChI=1S/C20H20N4O/c1-14-3-4-19(15(2)9-14)24-18-10-17(12-22-13-18)20(25)23-11-16-5-7-21-8-6-16/h3-10,12-13,24H,11H2,1-2H3,(H,23,25). The van der Waals surface area contributed by atoms with Crippen LogP contribution >= 0.6 is 0 Å². The summed E-state index contributed by atoms with van der Waals surface area (Å²) in [6.45, 7) is 4.57. The van der Waals surface area contributed by atoms with E-state index in [4.69, 9.17) is 0 Å². The van der Waals surface area contributed by atoms with Gasteiger partial charge in [0.2, 0.25) is 0 Å². The third-order valence-electron chi connectivity index (χ3n) is 3.86. The lowest BCUT2D eigenvalue weighted by molar-refractivity contribution is 0.0950.